The van der Waals surface area contributed by atoms with Crippen LogP contribution < -0.4 is 5.73 Å². The third kappa shape index (κ3) is 2.37. The first-order valence-corrected chi connectivity index (χ1v) is 6.76. The van der Waals surface area contributed by atoms with Gasteiger partial charge in [-0.1, -0.05) is 13.0 Å². The summed E-state index contributed by atoms with van der Waals surface area (Å²) >= 11 is 1.58. The van der Waals surface area contributed by atoms with Crippen molar-refractivity contribution in [3.63, 3.8) is 0 Å². The summed E-state index contributed by atoms with van der Waals surface area (Å²) in [6, 6.07) is 7.62. The molecule has 0 bridgehead atoms. The van der Waals surface area contributed by atoms with Gasteiger partial charge >= 0.3 is 0 Å². The molecule has 2 heterocycles. The first-order chi connectivity index (χ1) is 9.22. The minimum absolute atomic E-state index is 0.133. The molecule has 0 aliphatic heterocycles. The van der Waals surface area contributed by atoms with Crippen molar-refractivity contribution in [1.82, 2.24) is 9.55 Å². The van der Waals surface area contributed by atoms with Gasteiger partial charge in [0.2, 0.25) is 0 Å². The minimum Gasteiger partial charge on any atom is -0.326 e. The average molecular weight is 271 g/mol. The predicted molar refractivity (Wildman–Crippen MR) is 72.4 cm³/mol. The Hall–Kier alpha value is -2.15. The summed E-state index contributed by atoms with van der Waals surface area (Å²) in [4.78, 5) is 5.04. The van der Waals surface area contributed by atoms with Crippen LogP contribution in [-0.4, -0.2) is 15.6 Å². The second-order valence-electron chi connectivity index (χ2n) is 4.11. The molecule has 19 heavy (non-hydrogen) atoms. The number of thiophene rings is 1. The van der Waals surface area contributed by atoms with E-state index in [2.05, 4.69) is 4.98 Å². The van der Waals surface area contributed by atoms with Crippen LogP contribution in [0.25, 0.3) is 0 Å². The van der Waals surface area contributed by atoms with Gasteiger partial charge in [-0.3, -0.25) is 0 Å². The molecule has 6 heteroatoms. The quantitative estimate of drug-likeness (QED) is 0.920. The van der Waals surface area contributed by atoms with Crippen molar-refractivity contribution in [2.24, 2.45) is 5.73 Å². The van der Waals surface area contributed by atoms with Crippen LogP contribution in [0, 0.1) is 22.7 Å². The number of rotatable bonds is 4. The van der Waals surface area contributed by atoms with E-state index in [1.165, 1.54) is 6.33 Å². The van der Waals surface area contributed by atoms with E-state index in [4.69, 9.17) is 11.0 Å². The van der Waals surface area contributed by atoms with E-state index in [1.54, 1.807) is 15.9 Å². The van der Waals surface area contributed by atoms with E-state index in [-0.39, 0.29) is 23.5 Å². The van der Waals surface area contributed by atoms with Gasteiger partial charge in [-0.2, -0.15) is 10.5 Å². The first kappa shape index (κ1) is 13.3. The Balaban J connectivity index is 2.55. The molecule has 2 rings (SSSR count). The average Bonchev–Trinajstić information content (AvgIpc) is 3.08. The molecule has 0 saturated heterocycles. The van der Waals surface area contributed by atoms with E-state index in [0.29, 0.717) is 0 Å². The standard InChI is InChI=1S/C13H13N5S/c1-2-9(16)13(12-4-3-5-19-12)18-8-17-10(6-14)11(18)7-15/h3-5,8-9,13H,2,16H2,1H3. The van der Waals surface area contributed by atoms with Crippen LogP contribution in [0.1, 0.15) is 35.7 Å². The lowest BCUT2D eigenvalue weighted by Crippen LogP contribution is -2.32. The van der Waals surface area contributed by atoms with Gasteiger partial charge in [-0.25, -0.2) is 4.98 Å². The molecular weight excluding hydrogens is 258 g/mol. The van der Waals surface area contributed by atoms with E-state index < -0.39 is 0 Å². The first-order valence-electron chi connectivity index (χ1n) is 5.88. The molecule has 0 saturated carbocycles. The Labute approximate surface area is 115 Å². The van der Waals surface area contributed by atoms with Gasteiger partial charge in [0, 0.05) is 10.9 Å². The van der Waals surface area contributed by atoms with Crippen molar-refractivity contribution in [2.45, 2.75) is 25.4 Å². The number of hydrogen-bond donors (Lipinski definition) is 1. The summed E-state index contributed by atoms with van der Waals surface area (Å²) in [5.41, 5.74) is 6.59. The molecule has 0 radical (unpaired) electrons. The Bertz CT molecular complexity index is 629. The van der Waals surface area contributed by atoms with Crippen molar-refractivity contribution < 1.29 is 0 Å². The molecule has 2 atom stereocenters. The summed E-state index contributed by atoms with van der Waals surface area (Å²) in [6.07, 6.45) is 2.30. The fourth-order valence-electron chi connectivity index (χ4n) is 2.00. The summed E-state index contributed by atoms with van der Waals surface area (Å²) < 4.78 is 1.71. The SMILES string of the molecule is CCC(N)C(c1cccs1)n1cnc(C#N)c1C#N. The minimum atomic E-state index is -0.158. The second-order valence-corrected chi connectivity index (χ2v) is 5.08. The number of hydrogen-bond acceptors (Lipinski definition) is 5. The third-order valence-electron chi connectivity index (χ3n) is 3.02. The van der Waals surface area contributed by atoms with Crippen molar-refractivity contribution in [2.75, 3.05) is 0 Å². The largest absolute Gasteiger partial charge is 0.326 e. The van der Waals surface area contributed by atoms with Gasteiger partial charge in [-0.05, 0) is 17.9 Å². The van der Waals surface area contributed by atoms with Crippen molar-refractivity contribution in [3.05, 3.63) is 40.1 Å². The second kappa shape index (κ2) is 5.66. The fourth-order valence-corrected chi connectivity index (χ4v) is 2.90. The highest BCUT2D eigenvalue weighted by Gasteiger charge is 2.25. The highest BCUT2D eigenvalue weighted by atomic mass is 32.1. The molecule has 2 aromatic rings. The van der Waals surface area contributed by atoms with Crippen LogP contribution in [0.3, 0.4) is 0 Å². The monoisotopic (exact) mass is 271 g/mol. The summed E-state index contributed by atoms with van der Waals surface area (Å²) in [7, 11) is 0. The van der Waals surface area contributed by atoms with Crippen molar-refractivity contribution in [1.29, 1.82) is 10.5 Å². The molecule has 0 aromatic carbocycles. The highest BCUT2D eigenvalue weighted by molar-refractivity contribution is 7.10. The Morgan fingerprint density at radius 2 is 2.26 bits per heavy atom. The topological polar surface area (TPSA) is 91.4 Å². The van der Waals surface area contributed by atoms with Crippen LogP contribution in [0.2, 0.25) is 0 Å². The maximum Gasteiger partial charge on any atom is 0.176 e. The molecule has 2 aromatic heterocycles. The third-order valence-corrected chi connectivity index (χ3v) is 3.96. The number of nitrogens with two attached hydrogens (primary N) is 1. The molecular formula is C13H13N5S. The lowest BCUT2D eigenvalue weighted by atomic mass is 10.0. The van der Waals surface area contributed by atoms with Gasteiger partial charge in [0.05, 0.1) is 12.4 Å². The Kier molecular flexibility index (Phi) is 3.96. The van der Waals surface area contributed by atoms with E-state index in [9.17, 15) is 5.26 Å². The van der Waals surface area contributed by atoms with Gasteiger partial charge < -0.3 is 10.3 Å². The Morgan fingerprint density at radius 1 is 1.47 bits per heavy atom. The zero-order chi connectivity index (χ0) is 13.8. The van der Waals surface area contributed by atoms with Crippen LogP contribution in [0.15, 0.2) is 23.8 Å². The molecule has 5 nitrogen and oxygen atoms in total. The van der Waals surface area contributed by atoms with E-state index >= 15 is 0 Å². The summed E-state index contributed by atoms with van der Waals surface area (Å²) in [5, 5.41) is 20.2. The molecule has 2 unspecified atom stereocenters. The number of nitrogens with zero attached hydrogens (tertiary/aromatic N) is 4. The fraction of sp³-hybridized carbons (Fsp3) is 0.308. The summed E-state index contributed by atoms with van der Waals surface area (Å²) in [5.74, 6) is 0. The maximum atomic E-state index is 9.22. The van der Waals surface area contributed by atoms with Gasteiger partial charge in [-0.15, -0.1) is 11.3 Å². The van der Waals surface area contributed by atoms with Crippen molar-refractivity contribution in [3.8, 4) is 12.1 Å². The molecule has 0 aliphatic rings. The van der Waals surface area contributed by atoms with Crippen LogP contribution >= 0.6 is 11.3 Å². The number of aromatic nitrogens is 2. The van der Waals surface area contributed by atoms with Crippen LogP contribution in [-0.2, 0) is 0 Å². The lowest BCUT2D eigenvalue weighted by molar-refractivity contribution is 0.462. The molecule has 0 aliphatic carbocycles. The van der Waals surface area contributed by atoms with E-state index in [1.807, 2.05) is 36.6 Å². The van der Waals surface area contributed by atoms with Crippen molar-refractivity contribution >= 4 is 11.3 Å². The zero-order valence-electron chi connectivity index (χ0n) is 10.4. The van der Waals surface area contributed by atoms with E-state index in [0.717, 1.165) is 11.3 Å². The molecule has 2 N–H and O–H groups in total. The zero-order valence-corrected chi connectivity index (χ0v) is 11.3. The summed E-state index contributed by atoms with van der Waals surface area (Å²) in [6.45, 7) is 2.00. The maximum absolute atomic E-state index is 9.22. The highest BCUT2D eigenvalue weighted by Crippen LogP contribution is 2.28. The molecule has 96 valence electrons. The lowest BCUT2D eigenvalue weighted by Gasteiger charge is -2.23. The van der Waals surface area contributed by atoms with Gasteiger partial charge in [0.1, 0.15) is 12.1 Å². The predicted octanol–water partition coefficient (Wildman–Crippen LogP) is 2.01. The Morgan fingerprint density at radius 3 is 2.79 bits per heavy atom. The number of nitriles is 2. The number of imidazole rings is 1. The van der Waals surface area contributed by atoms with Crippen LogP contribution in [0.5, 0.6) is 0 Å². The molecule has 0 amide bonds. The van der Waals surface area contributed by atoms with Crippen LogP contribution in [0.4, 0.5) is 0 Å². The van der Waals surface area contributed by atoms with Gasteiger partial charge in [0.15, 0.2) is 11.4 Å². The molecule has 0 fully saturated rings. The molecule has 0 spiro atoms. The normalized spacial score (nSPS) is 13.5. The van der Waals surface area contributed by atoms with Gasteiger partial charge in [0.25, 0.3) is 0 Å². The smallest absolute Gasteiger partial charge is 0.176 e.